The maximum Gasteiger partial charge on any atom is 0.164 e. The predicted molar refractivity (Wildman–Crippen MR) is 123 cm³/mol. The molecule has 0 aliphatic heterocycles. The molecular weight excluding hydrogens is 388 g/mol. The summed E-state index contributed by atoms with van der Waals surface area (Å²) in [4.78, 5) is 10.9. The van der Waals surface area contributed by atoms with Gasteiger partial charge in [0.05, 0.1) is 20.0 Å². The fourth-order valence-electron chi connectivity index (χ4n) is 3.70. The van der Waals surface area contributed by atoms with Crippen molar-refractivity contribution in [1.29, 1.82) is 0 Å². The van der Waals surface area contributed by atoms with Crippen LogP contribution in [0.3, 0.4) is 0 Å². The molecule has 31 heavy (non-hydrogen) atoms. The molecule has 0 atom stereocenters. The van der Waals surface area contributed by atoms with E-state index in [1.807, 2.05) is 50.2 Å². The van der Waals surface area contributed by atoms with Crippen LogP contribution in [0, 0.1) is 0 Å². The van der Waals surface area contributed by atoms with Crippen LogP contribution >= 0.6 is 0 Å². The van der Waals surface area contributed by atoms with Crippen molar-refractivity contribution in [3.63, 3.8) is 0 Å². The second-order valence-corrected chi connectivity index (χ2v) is 7.44. The molecule has 0 aliphatic carbocycles. The standard InChI is InChI=1S/C25H32N4O2/c1-4-8-23-15-22(16-24(30-3)25(23)31-5-2)19-29(18-21-9-6-10-26-17-21)13-7-12-28-14-11-27-20-28/h4,6,9-11,14-17,20H,1,5,7-8,12-13,18-19H2,2-3H3. The van der Waals surface area contributed by atoms with E-state index < -0.39 is 0 Å². The van der Waals surface area contributed by atoms with Crippen molar-refractivity contribution >= 4 is 0 Å². The average Bonchev–Trinajstić information content (AvgIpc) is 3.30. The van der Waals surface area contributed by atoms with E-state index in [9.17, 15) is 0 Å². The van der Waals surface area contributed by atoms with E-state index in [1.165, 1.54) is 11.1 Å². The van der Waals surface area contributed by atoms with Gasteiger partial charge in [0.1, 0.15) is 0 Å². The van der Waals surface area contributed by atoms with Gasteiger partial charge < -0.3 is 14.0 Å². The highest BCUT2D eigenvalue weighted by Crippen LogP contribution is 2.34. The number of aromatic nitrogens is 3. The SMILES string of the molecule is C=CCc1cc(CN(CCCn2ccnc2)Cc2cccnc2)cc(OC)c1OCC. The Labute approximate surface area is 185 Å². The maximum absolute atomic E-state index is 5.87. The van der Waals surface area contributed by atoms with Crippen molar-refractivity contribution in [3.8, 4) is 11.5 Å². The number of benzene rings is 1. The summed E-state index contributed by atoms with van der Waals surface area (Å²) in [6.07, 6.45) is 13.1. The van der Waals surface area contributed by atoms with E-state index >= 15 is 0 Å². The Morgan fingerprint density at radius 1 is 1.16 bits per heavy atom. The summed E-state index contributed by atoms with van der Waals surface area (Å²) in [6, 6.07) is 8.41. The first-order valence-corrected chi connectivity index (χ1v) is 10.7. The number of hydrogen-bond acceptors (Lipinski definition) is 5. The van der Waals surface area contributed by atoms with Gasteiger partial charge in [0.25, 0.3) is 0 Å². The van der Waals surface area contributed by atoms with Crippen molar-refractivity contribution in [2.24, 2.45) is 0 Å². The van der Waals surface area contributed by atoms with Gasteiger partial charge in [-0.2, -0.15) is 0 Å². The largest absolute Gasteiger partial charge is 0.493 e. The molecule has 0 aliphatic rings. The molecular formula is C25H32N4O2. The van der Waals surface area contributed by atoms with Gasteiger partial charge in [0, 0.05) is 56.5 Å². The number of rotatable bonds is 13. The molecule has 0 spiro atoms. The lowest BCUT2D eigenvalue weighted by Gasteiger charge is -2.24. The summed E-state index contributed by atoms with van der Waals surface area (Å²) in [6.45, 7) is 10.0. The Balaban J connectivity index is 1.79. The van der Waals surface area contributed by atoms with Crippen molar-refractivity contribution in [2.45, 2.75) is 39.4 Å². The third-order valence-electron chi connectivity index (χ3n) is 5.05. The molecule has 164 valence electrons. The number of imidazole rings is 1. The van der Waals surface area contributed by atoms with Crippen LogP contribution in [0.15, 0.2) is 68.0 Å². The molecule has 2 heterocycles. The van der Waals surface area contributed by atoms with Crippen LogP contribution in [-0.4, -0.2) is 39.7 Å². The average molecular weight is 421 g/mol. The molecule has 2 aromatic heterocycles. The second kappa shape index (κ2) is 11.9. The highest BCUT2D eigenvalue weighted by molar-refractivity contribution is 5.50. The van der Waals surface area contributed by atoms with E-state index in [0.717, 1.165) is 56.1 Å². The first-order valence-electron chi connectivity index (χ1n) is 10.7. The van der Waals surface area contributed by atoms with E-state index in [-0.39, 0.29) is 0 Å². The van der Waals surface area contributed by atoms with E-state index in [4.69, 9.17) is 9.47 Å². The highest BCUT2D eigenvalue weighted by Gasteiger charge is 2.15. The van der Waals surface area contributed by atoms with Crippen molar-refractivity contribution in [2.75, 3.05) is 20.3 Å². The zero-order valence-corrected chi connectivity index (χ0v) is 18.5. The molecule has 0 unspecified atom stereocenters. The Kier molecular flexibility index (Phi) is 8.67. The van der Waals surface area contributed by atoms with Crippen LogP contribution in [0.4, 0.5) is 0 Å². The third-order valence-corrected chi connectivity index (χ3v) is 5.05. The van der Waals surface area contributed by atoms with E-state index in [0.29, 0.717) is 6.61 Å². The molecule has 1 aromatic carbocycles. The summed E-state index contributed by atoms with van der Waals surface area (Å²) in [7, 11) is 1.69. The fraction of sp³-hybridized carbons (Fsp3) is 0.360. The number of nitrogens with zero attached hydrogens (tertiary/aromatic N) is 4. The monoisotopic (exact) mass is 420 g/mol. The minimum Gasteiger partial charge on any atom is -0.493 e. The van der Waals surface area contributed by atoms with Crippen LogP contribution in [0.2, 0.25) is 0 Å². The topological polar surface area (TPSA) is 52.4 Å². The fourth-order valence-corrected chi connectivity index (χ4v) is 3.70. The Morgan fingerprint density at radius 3 is 2.71 bits per heavy atom. The number of ether oxygens (including phenoxy) is 2. The number of hydrogen-bond donors (Lipinski definition) is 0. The van der Waals surface area contributed by atoms with Gasteiger partial charge in [-0.3, -0.25) is 9.88 Å². The van der Waals surface area contributed by atoms with Crippen LogP contribution in [0.25, 0.3) is 0 Å². The molecule has 0 bridgehead atoms. The molecule has 0 radical (unpaired) electrons. The van der Waals surface area contributed by atoms with Gasteiger partial charge in [-0.25, -0.2) is 4.98 Å². The number of methoxy groups -OCH3 is 1. The predicted octanol–water partition coefficient (Wildman–Crippen LogP) is 4.51. The minimum absolute atomic E-state index is 0.598. The summed E-state index contributed by atoms with van der Waals surface area (Å²) in [5.41, 5.74) is 3.50. The molecule has 3 aromatic rings. The lowest BCUT2D eigenvalue weighted by atomic mass is 10.0. The van der Waals surface area contributed by atoms with Gasteiger partial charge in [-0.15, -0.1) is 6.58 Å². The Bertz CT molecular complexity index is 926. The summed E-state index contributed by atoms with van der Waals surface area (Å²) in [5.74, 6) is 1.59. The number of aryl methyl sites for hydroxylation is 1. The lowest BCUT2D eigenvalue weighted by Crippen LogP contribution is -2.25. The van der Waals surface area contributed by atoms with E-state index in [2.05, 4.69) is 44.2 Å². The van der Waals surface area contributed by atoms with E-state index in [1.54, 1.807) is 7.11 Å². The molecule has 3 rings (SSSR count). The molecule has 0 fully saturated rings. The molecule has 6 heteroatoms. The quantitative estimate of drug-likeness (QED) is 0.381. The first kappa shape index (κ1) is 22.6. The molecule has 0 amide bonds. The van der Waals surface area contributed by atoms with Crippen molar-refractivity contribution < 1.29 is 9.47 Å². The third kappa shape index (κ3) is 6.69. The zero-order valence-electron chi connectivity index (χ0n) is 18.5. The molecule has 0 N–H and O–H groups in total. The van der Waals surface area contributed by atoms with Gasteiger partial charge in [-0.05, 0) is 43.0 Å². The smallest absolute Gasteiger partial charge is 0.164 e. The minimum atomic E-state index is 0.598. The molecule has 0 saturated heterocycles. The van der Waals surface area contributed by atoms with Gasteiger partial charge in [-0.1, -0.05) is 18.2 Å². The first-order chi connectivity index (χ1) is 15.2. The molecule has 0 saturated carbocycles. The Morgan fingerprint density at radius 2 is 2.03 bits per heavy atom. The lowest BCUT2D eigenvalue weighted by molar-refractivity contribution is 0.247. The summed E-state index contributed by atoms with van der Waals surface area (Å²) < 4.78 is 13.6. The maximum atomic E-state index is 5.87. The van der Waals surface area contributed by atoms with Crippen LogP contribution in [0.1, 0.15) is 30.0 Å². The second-order valence-electron chi connectivity index (χ2n) is 7.44. The number of pyridine rings is 1. The van der Waals surface area contributed by atoms with Gasteiger partial charge in [0.15, 0.2) is 11.5 Å². The van der Waals surface area contributed by atoms with Gasteiger partial charge >= 0.3 is 0 Å². The summed E-state index contributed by atoms with van der Waals surface area (Å²) in [5, 5.41) is 0. The highest BCUT2D eigenvalue weighted by atomic mass is 16.5. The summed E-state index contributed by atoms with van der Waals surface area (Å²) >= 11 is 0. The van der Waals surface area contributed by atoms with Crippen LogP contribution < -0.4 is 9.47 Å². The molecule has 6 nitrogen and oxygen atoms in total. The number of allylic oxidation sites excluding steroid dienone is 1. The van der Waals surface area contributed by atoms with Crippen molar-refractivity contribution in [3.05, 3.63) is 84.7 Å². The zero-order chi connectivity index (χ0) is 21.9. The van der Waals surface area contributed by atoms with Crippen LogP contribution in [0.5, 0.6) is 11.5 Å². The Hall–Kier alpha value is -3.12. The van der Waals surface area contributed by atoms with Crippen LogP contribution in [-0.2, 0) is 26.1 Å². The van der Waals surface area contributed by atoms with Crippen molar-refractivity contribution in [1.82, 2.24) is 19.4 Å². The normalized spacial score (nSPS) is 10.9. The van der Waals surface area contributed by atoms with Gasteiger partial charge in [0.2, 0.25) is 0 Å².